The van der Waals surface area contributed by atoms with Crippen LogP contribution in [0.15, 0.2) is 95.4 Å². The molecule has 0 saturated heterocycles. The lowest BCUT2D eigenvalue weighted by atomic mass is 10.1. The van der Waals surface area contributed by atoms with Crippen molar-refractivity contribution in [2.24, 2.45) is 10.2 Å². The molecule has 0 saturated carbocycles. The summed E-state index contributed by atoms with van der Waals surface area (Å²) in [7, 11) is -41.3. The van der Waals surface area contributed by atoms with Gasteiger partial charge in [-0.05, 0) is 64.3 Å². The minimum Gasteiger partial charge on any atom is -0.505 e. The van der Waals surface area contributed by atoms with Crippen molar-refractivity contribution in [1.82, 2.24) is 15.0 Å². The van der Waals surface area contributed by atoms with Crippen LogP contribution < -0.4 is 10.6 Å². The molecule has 0 aliphatic carbocycles. The molecule has 0 fully saturated rings. The Hall–Kier alpha value is -6.00. The molecule has 406 valence electrons. The van der Waals surface area contributed by atoms with Gasteiger partial charge in [0.25, 0.3) is 40.5 Å². The molecule has 0 unspecified atom stereocenters. The van der Waals surface area contributed by atoms with E-state index < -0.39 is 197 Å². The second kappa shape index (κ2) is 20.5. The molecule has 0 bridgehead atoms. The second-order valence-electron chi connectivity index (χ2n) is 14.6. The van der Waals surface area contributed by atoms with Crippen LogP contribution in [0.1, 0.15) is 5.56 Å². The summed E-state index contributed by atoms with van der Waals surface area (Å²) in [4.78, 5) is 5.26. The van der Waals surface area contributed by atoms with Crippen molar-refractivity contribution in [3.8, 4) is 11.5 Å². The number of aromatic nitrogens is 3. The standard InChI is InChI=1S/C33H28ClN7O26S8/c34-31-37-32(39-33(38-31)36-23-10-18(12-25(28(23)42)72(54,55)56)69(46,47)6-5-66-74(60,61)62)35-22-11-19(70(48,49)50)8-17-9-24(71(51,52)53)27(29(43)26(17)22)41-40-21-4-2-16-7-15(1-3-20(16)30(21)73(57,58)59)13-68(44,45)14-67-75(63,64)65/h1-4,7-12,42-43H,5-6,13-14H2,(H,48,49,50)(H,51,52,53)(H,54,55,56)(H,57,58,59)(H,60,61,62)(H,63,64,65)(H2,35,36,37,38,39). The zero-order chi connectivity index (χ0) is 56.2. The van der Waals surface area contributed by atoms with Gasteiger partial charge in [-0.2, -0.15) is 65.5 Å². The Morgan fingerprint density at radius 3 is 1.71 bits per heavy atom. The molecular weight excluding hydrogens is 1200 g/mol. The predicted molar refractivity (Wildman–Crippen MR) is 252 cm³/mol. The fraction of sp³-hybridized carbons (Fsp3) is 0.121. The van der Waals surface area contributed by atoms with Gasteiger partial charge >= 0.3 is 20.8 Å². The van der Waals surface area contributed by atoms with Crippen LogP contribution in [0, 0.1) is 0 Å². The molecule has 0 aliphatic rings. The van der Waals surface area contributed by atoms with E-state index in [9.17, 15) is 95.8 Å². The monoisotopic (exact) mass is 1230 g/mol. The zero-order valence-electron chi connectivity index (χ0n) is 35.9. The second-order valence-corrected chi connectivity index (χ2v) is 26.9. The Bertz CT molecular complexity index is 4380. The first-order chi connectivity index (χ1) is 34.1. The first kappa shape index (κ1) is 58.3. The number of nitrogens with zero attached hydrogens (tertiary/aromatic N) is 5. The van der Waals surface area contributed by atoms with E-state index in [-0.39, 0.29) is 17.0 Å². The Morgan fingerprint density at radius 2 is 1.15 bits per heavy atom. The summed E-state index contributed by atoms with van der Waals surface area (Å²) in [6.07, 6.45) is 0. The molecule has 33 nitrogen and oxygen atoms in total. The first-order valence-corrected chi connectivity index (χ1v) is 31.2. The number of anilines is 4. The minimum atomic E-state index is -5.59. The van der Waals surface area contributed by atoms with Gasteiger partial charge in [0.2, 0.25) is 17.2 Å². The van der Waals surface area contributed by atoms with Crippen molar-refractivity contribution in [3.05, 3.63) is 71.5 Å². The molecule has 1 aromatic heterocycles. The molecule has 0 radical (unpaired) electrons. The number of aromatic hydroxyl groups is 2. The number of phenolic OH excluding ortho intramolecular Hbond substituents is 2. The van der Waals surface area contributed by atoms with E-state index in [0.717, 1.165) is 30.3 Å². The summed E-state index contributed by atoms with van der Waals surface area (Å²) in [5.74, 6) is -8.14. The van der Waals surface area contributed by atoms with E-state index in [0.29, 0.717) is 24.3 Å². The highest BCUT2D eigenvalue weighted by atomic mass is 35.5. The van der Waals surface area contributed by atoms with Crippen LogP contribution in [0.5, 0.6) is 11.5 Å². The molecule has 10 N–H and O–H groups in total. The summed E-state index contributed by atoms with van der Waals surface area (Å²) in [5, 5.41) is 31.5. The van der Waals surface area contributed by atoms with Crippen LogP contribution in [-0.4, -0.2) is 138 Å². The third-order valence-electron chi connectivity index (χ3n) is 9.36. The Labute approximate surface area is 426 Å². The number of nitrogens with one attached hydrogen (secondary N) is 2. The number of halogens is 1. The fourth-order valence-electron chi connectivity index (χ4n) is 6.44. The molecule has 0 amide bonds. The number of rotatable bonds is 20. The van der Waals surface area contributed by atoms with Gasteiger partial charge in [-0.3, -0.25) is 27.3 Å². The van der Waals surface area contributed by atoms with Gasteiger partial charge in [0, 0.05) is 10.8 Å². The molecule has 6 rings (SSSR count). The van der Waals surface area contributed by atoms with Gasteiger partial charge in [0.05, 0.1) is 39.3 Å². The fourth-order valence-corrected chi connectivity index (χ4v) is 12.7. The summed E-state index contributed by atoms with van der Waals surface area (Å²) in [5.41, 5.74) is -3.86. The highest BCUT2D eigenvalue weighted by Gasteiger charge is 2.29. The van der Waals surface area contributed by atoms with Crippen molar-refractivity contribution in [1.29, 1.82) is 0 Å². The smallest absolute Gasteiger partial charge is 0.398 e. The van der Waals surface area contributed by atoms with Gasteiger partial charge in [0.1, 0.15) is 26.1 Å². The summed E-state index contributed by atoms with van der Waals surface area (Å²) >= 11 is 6.07. The lowest BCUT2D eigenvalue weighted by Crippen LogP contribution is -2.16. The number of azo groups is 1. The number of sulfone groups is 2. The normalized spacial score (nSPS) is 13.4. The molecule has 75 heavy (non-hydrogen) atoms. The topological polar surface area (TPSA) is 541 Å². The maximum Gasteiger partial charge on any atom is 0.398 e. The zero-order valence-corrected chi connectivity index (χ0v) is 43.2. The molecule has 5 aromatic carbocycles. The number of fused-ring (bicyclic) bond motifs is 2. The SMILES string of the molecule is O=S(=O)(COS(=O)(=O)O)Cc1ccc2c(S(=O)(=O)O)c(N=Nc3c(S(=O)(=O)O)cc4cc(S(=O)(=O)O)cc(Nc5nc(Cl)nc(Nc6cc(S(=O)(=O)CCOS(=O)(=O)O)cc(S(=O)(=O)O)c6O)n5)c4c3O)ccc2c1. The van der Waals surface area contributed by atoms with E-state index >= 15 is 0 Å². The van der Waals surface area contributed by atoms with Crippen molar-refractivity contribution in [2.75, 3.05) is 28.9 Å². The van der Waals surface area contributed by atoms with Crippen LogP contribution >= 0.6 is 11.6 Å². The number of hydrogen-bond acceptors (Lipinski definition) is 27. The maximum atomic E-state index is 13.0. The highest BCUT2D eigenvalue weighted by Crippen LogP contribution is 2.46. The minimum absolute atomic E-state index is 0.109. The number of benzene rings is 5. The van der Waals surface area contributed by atoms with Gasteiger partial charge in [0.15, 0.2) is 37.1 Å². The van der Waals surface area contributed by atoms with Crippen LogP contribution in [0.25, 0.3) is 21.5 Å². The van der Waals surface area contributed by atoms with Crippen molar-refractivity contribution in [2.45, 2.75) is 30.2 Å². The Morgan fingerprint density at radius 1 is 0.560 bits per heavy atom. The molecule has 1 heterocycles. The third-order valence-corrected chi connectivity index (χ3v) is 17.0. The van der Waals surface area contributed by atoms with E-state index in [1.807, 2.05) is 0 Å². The van der Waals surface area contributed by atoms with Gasteiger partial charge in [-0.1, -0.05) is 24.3 Å². The summed E-state index contributed by atoms with van der Waals surface area (Å²) in [6.45, 7) is -1.22. The quantitative estimate of drug-likeness (QED) is 0.0298. The van der Waals surface area contributed by atoms with E-state index in [2.05, 4.69) is 44.2 Å². The molecule has 0 atom stereocenters. The van der Waals surface area contributed by atoms with Crippen molar-refractivity contribution in [3.63, 3.8) is 0 Å². The molecule has 0 spiro atoms. The van der Waals surface area contributed by atoms with Crippen LogP contribution in [0.3, 0.4) is 0 Å². The lowest BCUT2D eigenvalue weighted by molar-refractivity contribution is 0.283. The molecule has 42 heteroatoms. The lowest BCUT2D eigenvalue weighted by Gasteiger charge is -2.16. The van der Waals surface area contributed by atoms with Gasteiger partial charge in [-0.15, -0.1) is 10.2 Å². The summed E-state index contributed by atoms with van der Waals surface area (Å²) < 4.78 is 261. The van der Waals surface area contributed by atoms with E-state index in [1.165, 1.54) is 0 Å². The van der Waals surface area contributed by atoms with Gasteiger partial charge in [-0.25, -0.2) is 25.2 Å². The average Bonchev–Trinajstić information content (AvgIpc) is 3.23. The van der Waals surface area contributed by atoms with E-state index in [4.69, 9.17) is 20.7 Å². The van der Waals surface area contributed by atoms with Crippen LogP contribution in [0.2, 0.25) is 5.28 Å². The maximum absolute atomic E-state index is 13.0. The molecule has 0 aliphatic heterocycles. The van der Waals surface area contributed by atoms with Crippen molar-refractivity contribution >= 4 is 149 Å². The average molecular weight is 1230 g/mol. The van der Waals surface area contributed by atoms with Gasteiger partial charge < -0.3 is 20.8 Å². The van der Waals surface area contributed by atoms with Crippen molar-refractivity contribution < 1.29 is 113 Å². The van der Waals surface area contributed by atoms with Crippen LogP contribution in [0.4, 0.5) is 34.6 Å². The largest absolute Gasteiger partial charge is 0.505 e. The summed E-state index contributed by atoms with van der Waals surface area (Å²) in [6, 6.07) is 7.30. The third kappa shape index (κ3) is 14.5. The Balaban J connectivity index is 1.48. The molecule has 6 aromatic rings. The molecular formula is C33H28ClN7O26S8. The first-order valence-electron chi connectivity index (χ1n) is 18.8. The number of hydrogen-bond donors (Lipinski definition) is 10. The van der Waals surface area contributed by atoms with E-state index in [1.54, 1.807) is 0 Å². The van der Waals surface area contributed by atoms with Crippen LogP contribution in [-0.2, 0) is 95.1 Å². The Kier molecular flexibility index (Phi) is 15.9. The highest BCUT2D eigenvalue weighted by molar-refractivity contribution is 7.92. The number of phenols is 2. The predicted octanol–water partition coefficient (Wildman–Crippen LogP) is 2.42.